The number of alkyl halides is 8. The van der Waals surface area contributed by atoms with Crippen LogP contribution < -0.4 is 0 Å². The fourth-order valence-corrected chi connectivity index (χ4v) is 4.85. The number of ether oxygens (including phenoxy) is 1. The summed E-state index contributed by atoms with van der Waals surface area (Å²) in [5.74, 6) is 0. The van der Waals surface area contributed by atoms with Gasteiger partial charge in [0.2, 0.25) is 0 Å². The molecule has 0 spiro atoms. The van der Waals surface area contributed by atoms with Crippen molar-refractivity contribution in [3.63, 3.8) is 0 Å². The fourth-order valence-electron chi connectivity index (χ4n) is 1.28. The maximum atomic E-state index is 13.7. The zero-order chi connectivity index (χ0) is 21.7. The van der Waals surface area contributed by atoms with Crippen LogP contribution in [0.1, 0.15) is 20.8 Å². The molecule has 0 N–H and O–H groups in total. The molecule has 0 aliphatic rings. The molecule has 0 saturated heterocycles. The van der Waals surface area contributed by atoms with Crippen molar-refractivity contribution in [2.75, 3.05) is 19.8 Å². The van der Waals surface area contributed by atoms with Gasteiger partial charge in [0, 0.05) is 0 Å². The Labute approximate surface area is 149 Å². The zero-order valence-corrected chi connectivity index (χ0v) is 15.7. The van der Waals surface area contributed by atoms with Crippen LogP contribution in [0.4, 0.5) is 35.1 Å². The van der Waals surface area contributed by atoms with E-state index in [0.717, 1.165) is 0 Å². The summed E-state index contributed by atoms with van der Waals surface area (Å²) in [5.41, 5.74) is 0. The standard InChI is InChI=1S/C10H16F8NO6PS/c1-4-22-26(23-5-2,24-6-3)19-27(20,21)10(17,18)9(15,16)25-8(13,14)7(11)12/h7H,4-6H2,1-3H3. The van der Waals surface area contributed by atoms with E-state index in [0.29, 0.717) is 0 Å². The molecule has 0 heterocycles. The van der Waals surface area contributed by atoms with Crippen LogP contribution in [0.2, 0.25) is 0 Å². The van der Waals surface area contributed by atoms with Gasteiger partial charge in [-0.1, -0.05) is 4.15 Å². The highest BCUT2D eigenvalue weighted by Gasteiger charge is 2.72. The van der Waals surface area contributed by atoms with Crippen molar-refractivity contribution in [2.24, 2.45) is 4.15 Å². The van der Waals surface area contributed by atoms with Gasteiger partial charge in [-0.25, -0.2) is 13.5 Å². The molecule has 7 nitrogen and oxygen atoms in total. The molecule has 27 heavy (non-hydrogen) atoms. The summed E-state index contributed by atoms with van der Waals surface area (Å²) >= 11 is 0. The molecule has 0 aromatic heterocycles. The Bertz CT molecular complexity index is 620. The lowest BCUT2D eigenvalue weighted by Gasteiger charge is -2.28. The second-order valence-corrected chi connectivity index (χ2v) is 8.10. The van der Waals surface area contributed by atoms with E-state index in [4.69, 9.17) is 13.6 Å². The van der Waals surface area contributed by atoms with Crippen molar-refractivity contribution in [1.29, 1.82) is 0 Å². The molecule has 0 atom stereocenters. The largest absolute Gasteiger partial charge is 0.455 e. The van der Waals surface area contributed by atoms with Gasteiger partial charge in [-0.3, -0.25) is 0 Å². The van der Waals surface area contributed by atoms with Crippen LogP contribution in [0.3, 0.4) is 0 Å². The average molecular weight is 461 g/mol. The van der Waals surface area contributed by atoms with E-state index in [1.165, 1.54) is 20.8 Å². The second kappa shape index (κ2) is 9.31. The van der Waals surface area contributed by atoms with E-state index in [1.807, 2.05) is 0 Å². The molecule has 0 fully saturated rings. The molecule has 0 aliphatic carbocycles. The summed E-state index contributed by atoms with van der Waals surface area (Å²) in [5, 5.41) is -6.49. The van der Waals surface area contributed by atoms with E-state index in [9.17, 15) is 43.5 Å². The Kier molecular flexibility index (Phi) is 9.12. The van der Waals surface area contributed by atoms with Gasteiger partial charge in [-0.2, -0.15) is 34.8 Å². The van der Waals surface area contributed by atoms with Gasteiger partial charge in [0.25, 0.3) is 0 Å². The van der Waals surface area contributed by atoms with E-state index in [-0.39, 0.29) is 0 Å². The molecule has 0 rings (SSSR count). The lowest BCUT2D eigenvalue weighted by Crippen LogP contribution is -2.52. The zero-order valence-electron chi connectivity index (χ0n) is 14.0. The van der Waals surface area contributed by atoms with Crippen LogP contribution in [0, 0.1) is 0 Å². The number of halogens is 8. The first-order chi connectivity index (χ1) is 12.0. The predicted molar refractivity (Wildman–Crippen MR) is 75.1 cm³/mol. The van der Waals surface area contributed by atoms with Crippen molar-refractivity contribution < 1.29 is 61.8 Å². The maximum Gasteiger partial charge on any atom is 0.455 e. The highest BCUT2D eigenvalue weighted by Crippen LogP contribution is 2.56. The monoisotopic (exact) mass is 461 g/mol. The second-order valence-electron chi connectivity index (χ2n) is 4.28. The van der Waals surface area contributed by atoms with E-state index in [1.54, 1.807) is 0 Å². The third-order valence-corrected chi connectivity index (χ3v) is 6.56. The van der Waals surface area contributed by atoms with Gasteiger partial charge in [0.05, 0.1) is 19.8 Å². The summed E-state index contributed by atoms with van der Waals surface area (Å²) in [4.78, 5) is 0. The third-order valence-electron chi connectivity index (χ3n) is 2.27. The van der Waals surface area contributed by atoms with Gasteiger partial charge < -0.3 is 13.6 Å². The van der Waals surface area contributed by atoms with Gasteiger partial charge >= 0.3 is 41.7 Å². The van der Waals surface area contributed by atoms with Gasteiger partial charge in [0.1, 0.15) is 0 Å². The normalized spacial score (nSPS) is 14.7. The third kappa shape index (κ3) is 6.22. The molecule has 0 radical (unpaired) electrons. The summed E-state index contributed by atoms with van der Waals surface area (Å²) in [6.07, 6.45) is -17.6. The lowest BCUT2D eigenvalue weighted by atomic mass is 10.6. The van der Waals surface area contributed by atoms with E-state index in [2.05, 4.69) is 8.89 Å². The van der Waals surface area contributed by atoms with Crippen LogP contribution in [0.15, 0.2) is 4.15 Å². The number of rotatable bonds is 12. The number of hydrogen-bond donors (Lipinski definition) is 0. The highest BCUT2D eigenvalue weighted by atomic mass is 32.2. The van der Waals surface area contributed by atoms with Crippen LogP contribution in [0.25, 0.3) is 0 Å². The minimum absolute atomic E-state index is 0.422. The molecular formula is C10H16F8NO6PS. The van der Waals surface area contributed by atoms with Gasteiger partial charge in [0.15, 0.2) is 0 Å². The quantitative estimate of drug-likeness (QED) is 0.316. The molecule has 0 unspecified atom stereocenters. The molecular weight excluding hydrogens is 445 g/mol. The summed E-state index contributed by atoms with van der Waals surface area (Å²) < 4.78 is 145. The first kappa shape index (κ1) is 26.5. The number of nitrogens with zero attached hydrogens (tertiary/aromatic N) is 1. The van der Waals surface area contributed by atoms with E-state index < -0.39 is 61.5 Å². The van der Waals surface area contributed by atoms with Crippen molar-refractivity contribution in [3.05, 3.63) is 0 Å². The van der Waals surface area contributed by atoms with Crippen molar-refractivity contribution in [1.82, 2.24) is 0 Å². The Morgan fingerprint density at radius 1 is 0.889 bits per heavy atom. The fraction of sp³-hybridized carbons (Fsp3) is 1.00. The molecule has 0 aromatic rings. The molecule has 0 aliphatic heterocycles. The topological polar surface area (TPSA) is 83.4 Å². The molecule has 0 aromatic carbocycles. The minimum Gasteiger partial charge on any atom is -0.302 e. The molecule has 0 amide bonds. The highest BCUT2D eigenvalue weighted by molar-refractivity contribution is 7.94. The Hall–Kier alpha value is -0.540. The average Bonchev–Trinajstić information content (AvgIpc) is 2.45. The van der Waals surface area contributed by atoms with Crippen LogP contribution in [-0.2, 0) is 28.3 Å². The predicted octanol–water partition coefficient (Wildman–Crippen LogP) is 4.43. The Balaban J connectivity index is 6.27. The number of hydrogen-bond acceptors (Lipinski definition) is 6. The minimum atomic E-state index is -6.73. The van der Waals surface area contributed by atoms with Gasteiger partial charge in [-0.05, 0) is 20.8 Å². The molecule has 164 valence electrons. The Morgan fingerprint density at radius 2 is 1.26 bits per heavy atom. The van der Waals surface area contributed by atoms with Crippen LogP contribution >= 0.6 is 7.74 Å². The van der Waals surface area contributed by atoms with E-state index >= 15 is 0 Å². The first-order valence-corrected chi connectivity index (χ1v) is 9.91. The maximum absolute atomic E-state index is 13.7. The summed E-state index contributed by atoms with van der Waals surface area (Å²) in [6, 6.07) is 0. The summed E-state index contributed by atoms with van der Waals surface area (Å²) in [6.45, 7) is 2.42. The SMILES string of the molecule is CCOP(=NS(=O)(=O)C(F)(F)C(F)(F)OC(F)(F)C(F)F)(OCC)OCC. The smallest absolute Gasteiger partial charge is 0.302 e. The van der Waals surface area contributed by atoms with Crippen LogP contribution in [-0.4, -0.2) is 52.1 Å². The van der Waals surface area contributed by atoms with Gasteiger partial charge in [-0.15, -0.1) is 0 Å². The molecule has 0 saturated carbocycles. The first-order valence-electron chi connectivity index (χ1n) is 6.97. The molecule has 17 heteroatoms. The molecule has 0 bridgehead atoms. The Morgan fingerprint density at radius 3 is 1.56 bits per heavy atom. The number of sulfonamides is 1. The van der Waals surface area contributed by atoms with Crippen molar-refractivity contribution >= 4 is 17.8 Å². The summed E-state index contributed by atoms with van der Waals surface area (Å²) in [7, 11) is -11.2. The van der Waals surface area contributed by atoms with Crippen molar-refractivity contribution in [2.45, 2.75) is 44.7 Å². The van der Waals surface area contributed by atoms with Crippen LogP contribution in [0.5, 0.6) is 0 Å². The lowest BCUT2D eigenvalue weighted by molar-refractivity contribution is -0.435. The van der Waals surface area contributed by atoms with Crippen molar-refractivity contribution in [3.8, 4) is 0 Å².